The van der Waals surface area contributed by atoms with Gasteiger partial charge < -0.3 is 4.57 Å². The van der Waals surface area contributed by atoms with Crippen LogP contribution in [-0.4, -0.2) is 29.9 Å². The second-order valence-corrected chi connectivity index (χ2v) is 35.2. The predicted molar refractivity (Wildman–Crippen MR) is 502 cm³/mol. The summed E-state index contributed by atoms with van der Waals surface area (Å²) < 4.78 is 16.1. The van der Waals surface area contributed by atoms with Gasteiger partial charge in [0.1, 0.15) is 0 Å². The molecule has 0 N–H and O–H groups in total. The molecule has 0 radical (unpaired) electrons. The van der Waals surface area contributed by atoms with Crippen molar-refractivity contribution in [3.05, 3.63) is 436 Å². The molecule has 0 saturated heterocycles. The molecule has 0 aliphatic rings. The van der Waals surface area contributed by atoms with Gasteiger partial charge in [0.05, 0.1) is 50.2 Å². The van der Waals surface area contributed by atoms with Gasteiger partial charge in [-0.25, -0.2) is 15.0 Å². The van der Waals surface area contributed by atoms with Crippen molar-refractivity contribution >= 4 is 161 Å². The van der Waals surface area contributed by atoms with Crippen molar-refractivity contribution < 1.29 is 4.57 Å². The minimum Gasteiger partial charge on any atom is -0.309 e. The summed E-state index contributed by atoms with van der Waals surface area (Å²) in [6.45, 7) is 0. The van der Waals surface area contributed by atoms with Crippen LogP contribution in [0.2, 0.25) is 0 Å². The summed E-state index contributed by atoms with van der Waals surface area (Å²) in [5.74, 6) is 0. The van der Waals surface area contributed by atoms with E-state index in [1.165, 1.54) is 21.5 Å². The lowest BCUT2D eigenvalue weighted by Crippen LogP contribution is -2.25. The van der Waals surface area contributed by atoms with Crippen LogP contribution >= 0.6 is 31.0 Å². The zero-order chi connectivity index (χ0) is 78.9. The van der Waals surface area contributed by atoms with Gasteiger partial charge in [-0.1, -0.05) is 368 Å². The molecule has 16 aromatic carbocycles. The molecule has 0 aliphatic carbocycles. The van der Waals surface area contributed by atoms with Crippen LogP contribution in [-0.2, 0) is 4.57 Å². The Morgan fingerprint density at radius 1 is 0.229 bits per heavy atom. The van der Waals surface area contributed by atoms with E-state index in [-0.39, 0.29) is 0 Å². The first-order chi connectivity index (χ1) is 58.3. The van der Waals surface area contributed by atoms with Gasteiger partial charge in [0.15, 0.2) is 7.14 Å². The highest BCUT2D eigenvalue weighted by Crippen LogP contribution is 2.46. The lowest BCUT2D eigenvalue weighted by atomic mass is 9.96. The molecule has 118 heavy (non-hydrogen) atoms. The molecule has 7 nitrogen and oxygen atoms in total. The van der Waals surface area contributed by atoms with Crippen molar-refractivity contribution in [1.29, 1.82) is 0 Å². The minimum absolute atomic E-state index is 0.690. The Balaban J connectivity index is 0.000000115. The summed E-state index contributed by atoms with van der Waals surface area (Å²) in [5, 5.41) is 19.9. The molecule has 22 aromatic rings. The van der Waals surface area contributed by atoms with Crippen molar-refractivity contribution in [2.75, 3.05) is 0 Å². The van der Waals surface area contributed by atoms with Gasteiger partial charge in [-0.2, -0.15) is 0 Å². The predicted octanol–water partition coefficient (Wildman–Crippen LogP) is 26.0. The van der Waals surface area contributed by atoms with Crippen LogP contribution in [0, 0.1) is 0 Å². The fourth-order valence-corrected chi connectivity index (χ4v) is 22.0. The molecule has 0 atom stereocenters. The normalized spacial score (nSPS) is 11.5. The first-order valence-electron chi connectivity index (χ1n) is 39.4. The summed E-state index contributed by atoms with van der Waals surface area (Å²) in [7, 11) is -3.79. The van der Waals surface area contributed by atoms with Crippen LogP contribution in [0.4, 0.5) is 0 Å². The summed E-state index contributed by atoms with van der Waals surface area (Å²) in [6, 6.07) is 143. The van der Waals surface area contributed by atoms with Gasteiger partial charge in [-0.15, -0.1) is 0 Å². The lowest BCUT2D eigenvalue weighted by Gasteiger charge is -2.20. The van der Waals surface area contributed by atoms with Gasteiger partial charge in [0.2, 0.25) is 0 Å². The van der Waals surface area contributed by atoms with Crippen LogP contribution < -0.4 is 31.8 Å². The standard InChI is InChI=1S/C40H27N2OP.C40H27N2P.C28H17BrN2/c43-44(32-16-6-2-7-17-32,33-18-8-3-9-19-33)34-20-10-14-30(26-34)31-22-23-35-37(27-31)42-39(28-12-4-1-5-13-28)36-24-21-29-15-11-25-41-40(29)38(35)36;1-4-12-28(13-5-1)39-36-24-21-29-15-11-25-41-40(29)38(36)35-23-22-31(27-37(35)42-39)30-14-10-20-34(26-30)43(32-16-6-2-7-17-32)33-18-8-3-9-19-33;29-22-10-4-8-20(16-22)21-12-13-23-25(17-21)31-27(18-6-2-1-3-7-18)24-14-11-19-9-5-15-30-28(19)26(23)24/h1-27H;1-27H;1-17H. The maximum Gasteiger partial charge on any atom is 0.171 e. The third-order valence-electron chi connectivity index (χ3n) is 22.1. The lowest BCUT2D eigenvalue weighted by molar-refractivity contribution is 0.592. The van der Waals surface area contributed by atoms with Gasteiger partial charge in [-0.05, 0) is 118 Å². The van der Waals surface area contributed by atoms with Crippen LogP contribution in [0.3, 0.4) is 0 Å². The van der Waals surface area contributed by atoms with E-state index in [1.807, 2.05) is 140 Å². The number of fused-ring (bicyclic) bond motifs is 15. The van der Waals surface area contributed by atoms with Crippen LogP contribution in [0.15, 0.2) is 436 Å². The van der Waals surface area contributed by atoms with E-state index in [9.17, 15) is 0 Å². The van der Waals surface area contributed by atoms with Crippen molar-refractivity contribution in [1.82, 2.24) is 29.9 Å². The highest BCUT2D eigenvalue weighted by molar-refractivity contribution is 9.10. The van der Waals surface area contributed by atoms with E-state index >= 15 is 4.57 Å². The number of aromatic nitrogens is 6. The molecule has 0 unspecified atom stereocenters. The average molecular weight is 1610 g/mol. The van der Waals surface area contributed by atoms with Crippen molar-refractivity contribution in [2.24, 2.45) is 0 Å². The SMILES string of the molecule is Brc1cccc(-c2ccc3c(c2)nc(-c2ccccc2)c2ccc4cccnc4c23)c1.O=P(c1ccccc1)(c1ccccc1)c1cccc(-c2ccc3c(c2)nc(-c2ccccc2)c2ccc4cccnc4c23)c1.c1ccc(-c2nc3cc(-c4cccc(P(c5ccccc5)c5ccccc5)c4)ccc3c3c2ccc2cccnc23)cc1. The Morgan fingerprint density at radius 3 is 0.907 bits per heavy atom. The van der Waals surface area contributed by atoms with E-state index in [2.05, 4.69) is 307 Å². The number of nitrogens with zero attached hydrogens (tertiary/aromatic N) is 6. The Kier molecular flexibility index (Phi) is 19.7. The molecule has 556 valence electrons. The molecule has 0 bridgehead atoms. The third-order valence-corrected chi connectivity index (χ3v) is 28.1. The Morgan fingerprint density at radius 2 is 0.525 bits per heavy atom. The smallest absolute Gasteiger partial charge is 0.171 e. The molecule has 0 aliphatic heterocycles. The number of hydrogen-bond acceptors (Lipinski definition) is 7. The van der Waals surface area contributed by atoms with E-state index in [1.54, 1.807) is 0 Å². The second kappa shape index (κ2) is 31.9. The van der Waals surface area contributed by atoms with Crippen LogP contribution in [0.5, 0.6) is 0 Å². The highest BCUT2D eigenvalue weighted by Gasteiger charge is 2.30. The topological polar surface area (TPSA) is 94.4 Å². The summed E-state index contributed by atoms with van der Waals surface area (Å²) >= 11 is 3.59. The largest absolute Gasteiger partial charge is 0.309 e. The van der Waals surface area contributed by atoms with Crippen LogP contribution in [0.25, 0.3) is 165 Å². The molecular formula is C108H71BrN6OP2. The maximum absolute atomic E-state index is 15.1. The number of hydrogen-bond donors (Lipinski definition) is 0. The van der Waals surface area contributed by atoms with Gasteiger partial charge in [0, 0.05) is 120 Å². The zero-order valence-electron chi connectivity index (χ0n) is 63.9. The number of benzene rings is 16. The van der Waals surface area contributed by atoms with E-state index in [0.29, 0.717) is 0 Å². The fraction of sp³-hybridized carbons (Fsp3) is 0. The van der Waals surface area contributed by atoms with E-state index < -0.39 is 15.1 Å². The monoisotopic (exact) mass is 1610 g/mol. The van der Waals surface area contributed by atoms with E-state index in [4.69, 9.17) is 29.9 Å². The molecular weight excluding hydrogens is 1540 g/mol. The first kappa shape index (κ1) is 72.8. The molecule has 0 saturated carbocycles. The van der Waals surface area contributed by atoms with Crippen molar-refractivity contribution in [3.63, 3.8) is 0 Å². The van der Waals surface area contributed by atoms with Gasteiger partial charge in [-0.3, -0.25) is 15.0 Å². The van der Waals surface area contributed by atoms with Gasteiger partial charge in [0.25, 0.3) is 0 Å². The molecule has 0 spiro atoms. The molecule has 0 fully saturated rings. The van der Waals surface area contributed by atoms with E-state index in [0.717, 1.165) is 180 Å². The molecule has 0 amide bonds. The third kappa shape index (κ3) is 13.9. The Labute approximate surface area is 692 Å². The highest BCUT2D eigenvalue weighted by atomic mass is 79.9. The fourth-order valence-electron chi connectivity index (χ4n) is 16.6. The summed E-state index contributed by atoms with van der Waals surface area (Å²) in [4.78, 5) is 30.1. The average Bonchev–Trinajstić information content (AvgIpc) is 0.744. The quantitative estimate of drug-likeness (QED) is 0.0888. The summed E-state index contributed by atoms with van der Waals surface area (Å²) in [6.07, 6.45) is 5.60. The number of pyridine rings is 6. The van der Waals surface area contributed by atoms with Crippen LogP contribution in [0.1, 0.15) is 0 Å². The molecule has 22 rings (SSSR count). The molecule has 10 heteroatoms. The first-order valence-corrected chi connectivity index (χ1v) is 43.2. The Bertz CT molecular complexity index is 7520. The second-order valence-electron chi connectivity index (χ2n) is 29.3. The Hall–Kier alpha value is -14.1. The zero-order valence-corrected chi connectivity index (χ0v) is 67.2. The van der Waals surface area contributed by atoms with Crippen molar-refractivity contribution in [3.8, 4) is 67.2 Å². The number of rotatable bonds is 12. The van der Waals surface area contributed by atoms with Gasteiger partial charge >= 0.3 is 0 Å². The number of halogens is 1. The molecule has 6 heterocycles. The van der Waals surface area contributed by atoms with Crippen molar-refractivity contribution in [2.45, 2.75) is 0 Å². The minimum atomic E-state index is -3.10. The summed E-state index contributed by atoms with van der Waals surface area (Å²) in [5.41, 5.74) is 18.7. The maximum atomic E-state index is 15.1. The molecule has 6 aromatic heterocycles.